The van der Waals surface area contributed by atoms with Crippen LogP contribution in [0.4, 0.5) is 5.69 Å². The van der Waals surface area contributed by atoms with Crippen LogP contribution in [0.2, 0.25) is 5.02 Å². The maximum absolute atomic E-state index is 11.4. The summed E-state index contributed by atoms with van der Waals surface area (Å²) in [5.41, 5.74) is 7.07. The first-order valence-electron chi connectivity index (χ1n) is 6.74. The largest absolute Gasteiger partial charge is 0.459 e. The normalized spacial score (nSPS) is 12.3. The number of nitrogens with two attached hydrogens (primary N) is 1. The number of fused-ring (bicyclic) bond motifs is 1. The first-order chi connectivity index (χ1) is 10.5. The third kappa shape index (κ3) is 2.76. The molecule has 5 nitrogen and oxygen atoms in total. The van der Waals surface area contributed by atoms with Gasteiger partial charge in [0.2, 0.25) is 0 Å². The Hall–Kier alpha value is -2.53. The fraction of sp³-hybridized carbons (Fsp3) is 0.125. The van der Waals surface area contributed by atoms with Gasteiger partial charge in [-0.2, -0.15) is 0 Å². The molecule has 1 amide bonds. The number of amides is 1. The van der Waals surface area contributed by atoms with E-state index in [1.807, 2.05) is 25.1 Å². The van der Waals surface area contributed by atoms with Crippen molar-refractivity contribution in [2.45, 2.75) is 13.0 Å². The van der Waals surface area contributed by atoms with E-state index >= 15 is 0 Å². The Morgan fingerprint density at radius 3 is 2.95 bits per heavy atom. The highest BCUT2D eigenvalue weighted by atomic mass is 35.5. The van der Waals surface area contributed by atoms with Gasteiger partial charge in [0.05, 0.1) is 17.3 Å². The molecule has 0 saturated carbocycles. The molecule has 1 atom stereocenters. The Balaban J connectivity index is 1.90. The Morgan fingerprint density at radius 1 is 1.36 bits per heavy atom. The average Bonchev–Trinajstić information content (AvgIpc) is 2.90. The van der Waals surface area contributed by atoms with Gasteiger partial charge in [-0.3, -0.25) is 9.78 Å². The van der Waals surface area contributed by atoms with Crippen LogP contribution in [-0.4, -0.2) is 10.9 Å². The Labute approximate surface area is 132 Å². The Morgan fingerprint density at radius 2 is 2.18 bits per heavy atom. The van der Waals surface area contributed by atoms with E-state index in [0.29, 0.717) is 16.3 Å². The summed E-state index contributed by atoms with van der Waals surface area (Å²) in [6.07, 6.45) is 3.04. The molecule has 3 N–H and O–H groups in total. The number of nitrogens with one attached hydrogen (secondary N) is 1. The highest BCUT2D eigenvalue weighted by Gasteiger charge is 2.15. The molecule has 3 aromatic rings. The summed E-state index contributed by atoms with van der Waals surface area (Å²) in [6, 6.07) is 8.93. The molecule has 0 radical (unpaired) electrons. The minimum Gasteiger partial charge on any atom is -0.459 e. The lowest BCUT2D eigenvalue weighted by Gasteiger charge is -2.14. The number of nitrogens with zero attached hydrogens (tertiary/aromatic N) is 1. The van der Waals surface area contributed by atoms with E-state index in [2.05, 4.69) is 10.3 Å². The van der Waals surface area contributed by atoms with Gasteiger partial charge in [-0.1, -0.05) is 11.6 Å². The van der Waals surface area contributed by atoms with Gasteiger partial charge in [-0.25, -0.2) is 0 Å². The number of pyridine rings is 1. The summed E-state index contributed by atoms with van der Waals surface area (Å²) in [5.74, 6) is 0.212. The zero-order valence-corrected chi connectivity index (χ0v) is 12.6. The van der Waals surface area contributed by atoms with Gasteiger partial charge in [-0.05, 0) is 37.3 Å². The van der Waals surface area contributed by atoms with Crippen LogP contribution in [0.1, 0.15) is 29.1 Å². The molecule has 1 aromatic carbocycles. The maximum atomic E-state index is 11.4. The molecule has 0 spiro atoms. The molecule has 1 unspecified atom stereocenters. The number of aromatic nitrogens is 1. The molecule has 0 saturated heterocycles. The zero-order chi connectivity index (χ0) is 15.7. The predicted octanol–water partition coefficient (Wildman–Crippen LogP) is 3.75. The molecule has 0 fully saturated rings. The summed E-state index contributed by atoms with van der Waals surface area (Å²) in [4.78, 5) is 15.3. The lowest BCUT2D eigenvalue weighted by Crippen LogP contribution is -2.16. The van der Waals surface area contributed by atoms with Gasteiger partial charge in [0.25, 0.3) is 5.91 Å². The third-order valence-electron chi connectivity index (χ3n) is 3.38. The molecule has 0 aliphatic rings. The van der Waals surface area contributed by atoms with Crippen molar-refractivity contribution in [3.05, 3.63) is 59.1 Å². The zero-order valence-electron chi connectivity index (χ0n) is 11.8. The van der Waals surface area contributed by atoms with E-state index in [9.17, 15) is 4.79 Å². The van der Waals surface area contributed by atoms with Crippen LogP contribution < -0.4 is 11.1 Å². The molecule has 3 rings (SSSR count). The summed E-state index contributed by atoms with van der Waals surface area (Å²) < 4.78 is 5.80. The van der Waals surface area contributed by atoms with E-state index in [4.69, 9.17) is 21.8 Å². The van der Waals surface area contributed by atoms with Crippen molar-refractivity contribution < 1.29 is 9.21 Å². The highest BCUT2D eigenvalue weighted by molar-refractivity contribution is 6.31. The van der Waals surface area contributed by atoms with Crippen molar-refractivity contribution in [3.8, 4) is 0 Å². The summed E-state index contributed by atoms with van der Waals surface area (Å²) in [7, 11) is 0. The van der Waals surface area contributed by atoms with E-state index in [1.54, 1.807) is 18.3 Å². The van der Waals surface area contributed by atoms with E-state index in [-0.39, 0.29) is 6.04 Å². The lowest BCUT2D eigenvalue weighted by molar-refractivity contribution is 0.100. The molecule has 0 aliphatic heterocycles. The van der Waals surface area contributed by atoms with Crippen LogP contribution in [0.3, 0.4) is 0 Å². The summed E-state index contributed by atoms with van der Waals surface area (Å²) in [6.45, 7) is 1.94. The van der Waals surface area contributed by atoms with Crippen molar-refractivity contribution in [2.75, 3.05) is 5.32 Å². The Kier molecular flexibility index (Phi) is 3.73. The number of hydrogen-bond acceptors (Lipinski definition) is 4. The van der Waals surface area contributed by atoms with Crippen molar-refractivity contribution in [2.24, 2.45) is 5.73 Å². The molecule has 2 heterocycles. The summed E-state index contributed by atoms with van der Waals surface area (Å²) >= 11 is 5.98. The lowest BCUT2D eigenvalue weighted by atomic mass is 10.1. The van der Waals surface area contributed by atoms with Crippen LogP contribution in [0.25, 0.3) is 11.0 Å². The standard InChI is InChI=1S/C16H14ClN3O2/c1-9(20-13-4-5-19-8-12(13)16(18)21)15-7-10-6-11(17)2-3-14(10)22-15/h2-9H,1H3,(H2,18,21)(H,19,20). The molecule has 2 aromatic heterocycles. The van der Waals surface area contributed by atoms with E-state index < -0.39 is 5.91 Å². The number of furan rings is 1. The van der Waals surface area contributed by atoms with Gasteiger partial charge < -0.3 is 15.5 Å². The number of carbonyl (C=O) groups is 1. The number of primary amides is 1. The van der Waals surface area contributed by atoms with Gasteiger partial charge in [0, 0.05) is 22.8 Å². The van der Waals surface area contributed by atoms with Crippen LogP contribution in [0, 0.1) is 0 Å². The van der Waals surface area contributed by atoms with Gasteiger partial charge in [0.15, 0.2) is 0 Å². The molecule has 112 valence electrons. The maximum Gasteiger partial charge on any atom is 0.252 e. The van der Waals surface area contributed by atoms with Crippen molar-refractivity contribution in [1.82, 2.24) is 4.98 Å². The Bertz CT molecular complexity index is 844. The topological polar surface area (TPSA) is 81.1 Å². The first-order valence-corrected chi connectivity index (χ1v) is 7.12. The monoisotopic (exact) mass is 315 g/mol. The van der Waals surface area contributed by atoms with Gasteiger partial charge >= 0.3 is 0 Å². The highest BCUT2D eigenvalue weighted by Crippen LogP contribution is 2.28. The first kappa shape index (κ1) is 14.4. The minimum absolute atomic E-state index is 0.147. The van der Waals surface area contributed by atoms with Crippen molar-refractivity contribution >= 4 is 34.2 Å². The average molecular weight is 316 g/mol. The number of anilines is 1. The fourth-order valence-corrected chi connectivity index (χ4v) is 2.45. The molecule has 6 heteroatoms. The fourth-order valence-electron chi connectivity index (χ4n) is 2.27. The number of hydrogen-bond donors (Lipinski definition) is 2. The molecule has 0 bridgehead atoms. The van der Waals surface area contributed by atoms with E-state index in [0.717, 1.165) is 16.7 Å². The minimum atomic E-state index is -0.529. The summed E-state index contributed by atoms with van der Waals surface area (Å²) in [5, 5.41) is 4.81. The number of benzene rings is 1. The smallest absolute Gasteiger partial charge is 0.252 e. The second-order valence-corrected chi connectivity index (χ2v) is 5.42. The van der Waals surface area contributed by atoms with Gasteiger partial charge in [0.1, 0.15) is 11.3 Å². The molecular weight excluding hydrogens is 302 g/mol. The third-order valence-corrected chi connectivity index (χ3v) is 3.62. The second-order valence-electron chi connectivity index (χ2n) is 4.98. The molecule has 0 aliphatic carbocycles. The van der Waals surface area contributed by atoms with Crippen LogP contribution in [-0.2, 0) is 0 Å². The van der Waals surface area contributed by atoms with Crippen molar-refractivity contribution in [1.29, 1.82) is 0 Å². The van der Waals surface area contributed by atoms with Crippen LogP contribution >= 0.6 is 11.6 Å². The number of carbonyl (C=O) groups excluding carboxylic acids is 1. The van der Waals surface area contributed by atoms with Gasteiger partial charge in [-0.15, -0.1) is 0 Å². The van der Waals surface area contributed by atoms with E-state index in [1.165, 1.54) is 6.20 Å². The number of halogens is 1. The SMILES string of the molecule is CC(Nc1ccncc1C(N)=O)c1cc2cc(Cl)ccc2o1. The predicted molar refractivity (Wildman–Crippen MR) is 86.0 cm³/mol. The number of rotatable bonds is 4. The second kappa shape index (κ2) is 5.69. The molecule has 22 heavy (non-hydrogen) atoms. The van der Waals surface area contributed by atoms with Crippen LogP contribution in [0.15, 0.2) is 47.1 Å². The van der Waals surface area contributed by atoms with Crippen LogP contribution in [0.5, 0.6) is 0 Å². The quantitative estimate of drug-likeness (QED) is 0.768. The van der Waals surface area contributed by atoms with Crippen molar-refractivity contribution in [3.63, 3.8) is 0 Å². The molecular formula is C16H14ClN3O2.